The van der Waals surface area contributed by atoms with Crippen LogP contribution in [0.25, 0.3) is 0 Å². The molecular formula is C14H23N3O3. The number of nitrogens with one attached hydrogen (secondary N) is 2. The lowest BCUT2D eigenvalue weighted by atomic mass is 10.0. The first kappa shape index (κ1) is 16.4. The Morgan fingerprint density at radius 2 is 2.10 bits per heavy atom. The topological polar surface area (TPSA) is 84.2 Å². The summed E-state index contributed by atoms with van der Waals surface area (Å²) in [5.74, 6) is -0.528. The smallest absolute Gasteiger partial charge is 0.289 e. The standard InChI is InChI=1S/C14H23N3O3/c1-5-6-11(17-14(2,3)4)12(18)13(19)15-9-10-7-8-16-20-10/h7-8,11,17H,5-6,9H2,1-4H3,(H,15,19). The molecule has 1 atom stereocenters. The Balaban J connectivity index is 2.56. The summed E-state index contributed by atoms with van der Waals surface area (Å²) in [6.07, 6.45) is 2.95. The summed E-state index contributed by atoms with van der Waals surface area (Å²) in [4.78, 5) is 24.0. The van der Waals surface area contributed by atoms with E-state index in [0.29, 0.717) is 12.2 Å². The Morgan fingerprint density at radius 3 is 2.60 bits per heavy atom. The second kappa shape index (κ2) is 7.19. The number of Topliss-reactive ketones (excluding diaryl/α,β-unsaturated/α-hetero) is 1. The number of carbonyl (C=O) groups is 2. The number of nitrogens with zero attached hydrogens (tertiary/aromatic N) is 1. The largest absolute Gasteiger partial charge is 0.360 e. The van der Waals surface area contributed by atoms with Crippen LogP contribution in [-0.4, -0.2) is 28.4 Å². The normalized spacial score (nSPS) is 13.0. The van der Waals surface area contributed by atoms with E-state index in [9.17, 15) is 9.59 Å². The average molecular weight is 281 g/mol. The fourth-order valence-electron chi connectivity index (χ4n) is 1.83. The zero-order valence-electron chi connectivity index (χ0n) is 12.5. The van der Waals surface area contributed by atoms with Gasteiger partial charge in [0, 0.05) is 11.6 Å². The van der Waals surface area contributed by atoms with Gasteiger partial charge in [-0.05, 0) is 27.2 Å². The van der Waals surface area contributed by atoms with Crippen molar-refractivity contribution in [3.63, 3.8) is 0 Å². The van der Waals surface area contributed by atoms with E-state index in [1.54, 1.807) is 6.07 Å². The first-order valence-electron chi connectivity index (χ1n) is 6.82. The van der Waals surface area contributed by atoms with Crippen molar-refractivity contribution in [1.82, 2.24) is 15.8 Å². The summed E-state index contributed by atoms with van der Waals surface area (Å²) in [6.45, 7) is 8.05. The van der Waals surface area contributed by atoms with Gasteiger partial charge in [-0.15, -0.1) is 0 Å². The predicted octanol–water partition coefficient (Wildman–Crippen LogP) is 1.42. The molecule has 1 unspecified atom stereocenters. The number of carbonyl (C=O) groups excluding carboxylic acids is 2. The van der Waals surface area contributed by atoms with Gasteiger partial charge < -0.3 is 15.2 Å². The first-order valence-corrected chi connectivity index (χ1v) is 6.82. The number of amides is 1. The molecule has 0 saturated carbocycles. The minimum atomic E-state index is -0.600. The van der Waals surface area contributed by atoms with Crippen LogP contribution in [0.1, 0.15) is 46.3 Å². The summed E-state index contributed by atoms with van der Waals surface area (Å²) in [5.41, 5.74) is -0.222. The van der Waals surface area contributed by atoms with E-state index in [0.717, 1.165) is 6.42 Å². The molecule has 1 aromatic rings. The van der Waals surface area contributed by atoms with Crippen molar-refractivity contribution < 1.29 is 14.1 Å². The van der Waals surface area contributed by atoms with Crippen LogP contribution < -0.4 is 10.6 Å². The van der Waals surface area contributed by atoms with E-state index >= 15 is 0 Å². The second-order valence-corrected chi connectivity index (χ2v) is 5.76. The van der Waals surface area contributed by atoms with Crippen molar-refractivity contribution in [2.45, 2.75) is 58.7 Å². The Kier molecular flexibility index (Phi) is 5.88. The maximum Gasteiger partial charge on any atom is 0.289 e. The molecule has 1 aromatic heterocycles. The Labute approximate surface area is 119 Å². The summed E-state index contributed by atoms with van der Waals surface area (Å²) in [5, 5.41) is 9.27. The molecule has 2 N–H and O–H groups in total. The van der Waals surface area contributed by atoms with Crippen molar-refractivity contribution in [3.8, 4) is 0 Å². The zero-order valence-corrected chi connectivity index (χ0v) is 12.5. The lowest BCUT2D eigenvalue weighted by Crippen LogP contribution is -2.51. The van der Waals surface area contributed by atoms with Crippen LogP contribution in [-0.2, 0) is 16.1 Å². The quantitative estimate of drug-likeness (QED) is 0.738. The molecule has 6 heteroatoms. The van der Waals surface area contributed by atoms with Crippen molar-refractivity contribution in [2.24, 2.45) is 0 Å². The molecule has 0 aromatic carbocycles. The van der Waals surface area contributed by atoms with Crippen molar-refractivity contribution in [1.29, 1.82) is 0 Å². The minimum Gasteiger partial charge on any atom is -0.360 e. The maximum absolute atomic E-state index is 12.1. The predicted molar refractivity (Wildman–Crippen MR) is 74.9 cm³/mol. The van der Waals surface area contributed by atoms with Crippen molar-refractivity contribution in [2.75, 3.05) is 0 Å². The molecule has 1 heterocycles. The van der Waals surface area contributed by atoms with E-state index in [2.05, 4.69) is 15.8 Å². The van der Waals surface area contributed by atoms with Crippen LogP contribution in [0.15, 0.2) is 16.8 Å². The third kappa shape index (κ3) is 5.52. The SMILES string of the molecule is CCCC(NC(C)(C)C)C(=O)C(=O)NCc1ccno1. The molecule has 112 valence electrons. The van der Waals surface area contributed by atoms with E-state index in [4.69, 9.17) is 4.52 Å². The third-order valence-electron chi connectivity index (χ3n) is 2.64. The van der Waals surface area contributed by atoms with Gasteiger partial charge in [0.1, 0.15) is 0 Å². The molecule has 0 aliphatic rings. The van der Waals surface area contributed by atoms with Crippen LogP contribution in [0.3, 0.4) is 0 Å². The monoisotopic (exact) mass is 281 g/mol. The molecular weight excluding hydrogens is 258 g/mol. The van der Waals surface area contributed by atoms with Crippen LogP contribution in [0.2, 0.25) is 0 Å². The summed E-state index contributed by atoms with van der Waals surface area (Å²) >= 11 is 0. The number of aromatic nitrogens is 1. The molecule has 1 rings (SSSR count). The lowest BCUT2D eigenvalue weighted by Gasteiger charge is -2.27. The fraction of sp³-hybridized carbons (Fsp3) is 0.643. The van der Waals surface area contributed by atoms with Gasteiger partial charge in [-0.2, -0.15) is 0 Å². The van der Waals surface area contributed by atoms with Gasteiger partial charge in [0.25, 0.3) is 5.91 Å². The van der Waals surface area contributed by atoms with Gasteiger partial charge >= 0.3 is 0 Å². The zero-order chi connectivity index (χ0) is 15.2. The molecule has 0 saturated heterocycles. The first-order chi connectivity index (χ1) is 9.33. The third-order valence-corrected chi connectivity index (χ3v) is 2.64. The molecule has 0 radical (unpaired) electrons. The lowest BCUT2D eigenvalue weighted by molar-refractivity contribution is -0.139. The highest BCUT2D eigenvalue weighted by Crippen LogP contribution is 2.07. The molecule has 0 aliphatic heterocycles. The maximum atomic E-state index is 12.1. The Hall–Kier alpha value is -1.69. The van der Waals surface area contributed by atoms with Crippen LogP contribution in [0, 0.1) is 0 Å². The van der Waals surface area contributed by atoms with E-state index < -0.39 is 17.7 Å². The second-order valence-electron chi connectivity index (χ2n) is 5.76. The molecule has 0 spiro atoms. The fourth-order valence-corrected chi connectivity index (χ4v) is 1.83. The highest BCUT2D eigenvalue weighted by Gasteiger charge is 2.27. The van der Waals surface area contributed by atoms with Crippen molar-refractivity contribution in [3.05, 3.63) is 18.0 Å². The van der Waals surface area contributed by atoms with Crippen LogP contribution in [0.4, 0.5) is 0 Å². The Bertz CT molecular complexity index is 435. The van der Waals surface area contributed by atoms with E-state index in [-0.39, 0.29) is 12.1 Å². The average Bonchev–Trinajstić information content (AvgIpc) is 2.86. The van der Waals surface area contributed by atoms with Crippen LogP contribution >= 0.6 is 0 Å². The highest BCUT2D eigenvalue weighted by atomic mass is 16.5. The van der Waals surface area contributed by atoms with Gasteiger partial charge in [-0.25, -0.2) is 0 Å². The molecule has 20 heavy (non-hydrogen) atoms. The molecule has 1 amide bonds. The van der Waals surface area contributed by atoms with Crippen molar-refractivity contribution >= 4 is 11.7 Å². The Morgan fingerprint density at radius 1 is 1.40 bits per heavy atom. The van der Waals surface area contributed by atoms with E-state index in [1.807, 2.05) is 27.7 Å². The van der Waals surface area contributed by atoms with Gasteiger partial charge in [0.05, 0.1) is 18.8 Å². The number of hydrogen-bond donors (Lipinski definition) is 2. The molecule has 0 bridgehead atoms. The molecule has 6 nitrogen and oxygen atoms in total. The summed E-state index contributed by atoms with van der Waals surface area (Å²) < 4.78 is 4.86. The van der Waals surface area contributed by atoms with Gasteiger partial charge in [0.15, 0.2) is 5.76 Å². The number of ketones is 1. The minimum absolute atomic E-state index is 0.166. The van der Waals surface area contributed by atoms with Gasteiger partial charge in [-0.1, -0.05) is 18.5 Å². The van der Waals surface area contributed by atoms with E-state index in [1.165, 1.54) is 6.20 Å². The number of hydrogen-bond acceptors (Lipinski definition) is 5. The summed E-state index contributed by atoms with van der Waals surface area (Å²) in [7, 11) is 0. The molecule has 0 fully saturated rings. The molecule has 0 aliphatic carbocycles. The van der Waals surface area contributed by atoms with Crippen LogP contribution in [0.5, 0.6) is 0 Å². The highest BCUT2D eigenvalue weighted by molar-refractivity contribution is 6.38. The summed E-state index contributed by atoms with van der Waals surface area (Å²) in [6, 6.07) is 1.18. The number of rotatable bonds is 7. The van der Waals surface area contributed by atoms with Gasteiger partial charge in [0.2, 0.25) is 5.78 Å². The van der Waals surface area contributed by atoms with Gasteiger partial charge in [-0.3, -0.25) is 9.59 Å².